The number of rotatable bonds is 10. The minimum absolute atomic E-state index is 0.185. The van der Waals surface area contributed by atoms with Gasteiger partial charge in [0.2, 0.25) is 5.88 Å². The largest absolute Gasteiger partial charge is 0.480 e. The van der Waals surface area contributed by atoms with Crippen LogP contribution in [0.1, 0.15) is 26.2 Å². The van der Waals surface area contributed by atoms with Crippen LogP contribution >= 0.6 is 11.8 Å². The third-order valence-electron chi connectivity index (χ3n) is 7.11. The summed E-state index contributed by atoms with van der Waals surface area (Å²) in [5, 5.41) is 9.51. The number of alkyl halides is 3. The molecule has 2 atom stereocenters. The summed E-state index contributed by atoms with van der Waals surface area (Å²) in [6.07, 6.45) is 4.26. The molecule has 2 aromatic heterocycles. The maximum absolute atomic E-state index is 12.9. The monoisotopic (exact) mass is 519 g/mol. The van der Waals surface area contributed by atoms with E-state index in [-0.39, 0.29) is 11.3 Å². The number of likely N-dealkylation sites (tertiary alicyclic amines) is 1. The fourth-order valence-electron chi connectivity index (χ4n) is 5.02. The van der Waals surface area contributed by atoms with Crippen molar-refractivity contribution in [2.75, 3.05) is 32.5 Å². The Kier molecular flexibility index (Phi) is 7.94. The van der Waals surface area contributed by atoms with Crippen LogP contribution in [0.15, 0.2) is 59.4 Å². The normalized spacial score (nSPS) is 22.6. The lowest BCUT2D eigenvalue weighted by Crippen LogP contribution is -2.23. The van der Waals surface area contributed by atoms with Crippen LogP contribution in [0.4, 0.5) is 13.2 Å². The summed E-state index contributed by atoms with van der Waals surface area (Å²) < 4.78 is 46.1. The number of hydrogen-bond donors (Lipinski definition) is 0. The summed E-state index contributed by atoms with van der Waals surface area (Å²) in [4.78, 5) is 6.70. The van der Waals surface area contributed by atoms with Crippen molar-refractivity contribution in [3.63, 3.8) is 0 Å². The molecular weight excluding hydrogens is 487 g/mol. The molecule has 0 radical (unpaired) electrons. The van der Waals surface area contributed by atoms with Crippen molar-refractivity contribution in [1.29, 1.82) is 0 Å². The van der Waals surface area contributed by atoms with E-state index >= 15 is 0 Å². The lowest BCUT2D eigenvalue weighted by molar-refractivity contribution is -0.0883. The number of nitrogens with zero attached hydrogens (tertiary/aromatic N) is 5. The van der Waals surface area contributed by atoms with Crippen LogP contribution in [0.3, 0.4) is 0 Å². The van der Waals surface area contributed by atoms with E-state index in [1.54, 1.807) is 31.1 Å². The molecule has 2 aromatic rings. The van der Waals surface area contributed by atoms with Gasteiger partial charge in [-0.3, -0.25) is 0 Å². The Morgan fingerprint density at radius 2 is 2.14 bits per heavy atom. The molecule has 0 bridgehead atoms. The van der Waals surface area contributed by atoms with Gasteiger partial charge in [-0.15, -0.1) is 10.2 Å². The molecule has 0 unspecified atom stereocenters. The Bertz CT molecular complexity index is 1160. The summed E-state index contributed by atoms with van der Waals surface area (Å²) >= 11 is 1.67. The van der Waals surface area contributed by atoms with Gasteiger partial charge in [-0.05, 0) is 62.7 Å². The topological polar surface area (TPSA) is 56.1 Å². The van der Waals surface area contributed by atoms with E-state index < -0.39 is 11.7 Å². The van der Waals surface area contributed by atoms with Gasteiger partial charge in [-0.1, -0.05) is 42.1 Å². The number of allylic oxidation sites excluding steroid dienone is 5. The number of ether oxygens (including phenoxy) is 1. The third kappa shape index (κ3) is 5.70. The molecule has 4 rings (SSSR count). The highest BCUT2D eigenvalue weighted by Gasteiger charge is 2.57. The van der Waals surface area contributed by atoms with E-state index in [1.165, 1.54) is 6.92 Å². The van der Waals surface area contributed by atoms with Gasteiger partial charge in [-0.2, -0.15) is 13.2 Å². The van der Waals surface area contributed by atoms with Crippen molar-refractivity contribution in [3.8, 4) is 17.3 Å². The number of methoxy groups -OCH3 is 1. The van der Waals surface area contributed by atoms with E-state index in [1.807, 2.05) is 23.7 Å². The van der Waals surface area contributed by atoms with Crippen molar-refractivity contribution in [1.82, 2.24) is 24.6 Å². The van der Waals surface area contributed by atoms with Gasteiger partial charge in [-0.25, -0.2) is 4.98 Å². The molecule has 0 N–H and O–H groups in total. The van der Waals surface area contributed by atoms with E-state index in [0.717, 1.165) is 78.9 Å². The molecule has 0 aromatic carbocycles. The zero-order chi connectivity index (χ0) is 25.9. The minimum Gasteiger partial charge on any atom is -0.480 e. The Labute approximate surface area is 214 Å². The lowest BCUT2D eigenvalue weighted by atomic mass is 9.98. The van der Waals surface area contributed by atoms with Gasteiger partial charge in [0, 0.05) is 25.5 Å². The van der Waals surface area contributed by atoms with Gasteiger partial charge in [0.05, 0.1) is 18.2 Å². The highest BCUT2D eigenvalue weighted by Crippen LogP contribution is 2.61. The molecule has 1 saturated heterocycles. The van der Waals surface area contributed by atoms with E-state index in [9.17, 15) is 13.2 Å². The van der Waals surface area contributed by atoms with E-state index in [0.29, 0.717) is 5.88 Å². The fourth-order valence-corrected chi connectivity index (χ4v) is 5.85. The lowest BCUT2D eigenvalue weighted by Gasteiger charge is -2.16. The Hall–Kier alpha value is -2.59. The molecule has 2 aliphatic rings. The number of hydrogen-bond acceptors (Lipinski definition) is 6. The van der Waals surface area contributed by atoms with Crippen LogP contribution in [-0.4, -0.2) is 63.3 Å². The summed E-state index contributed by atoms with van der Waals surface area (Å²) in [6, 6.07) is 3.76. The predicted molar refractivity (Wildman–Crippen MR) is 136 cm³/mol. The number of thioether (sulfide) groups is 1. The van der Waals surface area contributed by atoms with Crippen LogP contribution in [0, 0.1) is 11.3 Å². The molecule has 6 nitrogen and oxygen atoms in total. The molecule has 2 fully saturated rings. The first kappa shape index (κ1) is 26.5. The Morgan fingerprint density at radius 1 is 1.33 bits per heavy atom. The molecular formula is C26H32F3N5OS. The minimum atomic E-state index is -4.33. The van der Waals surface area contributed by atoms with Gasteiger partial charge in [0.1, 0.15) is 0 Å². The van der Waals surface area contributed by atoms with Crippen molar-refractivity contribution in [2.45, 2.75) is 37.5 Å². The van der Waals surface area contributed by atoms with Gasteiger partial charge < -0.3 is 14.2 Å². The average Bonchev–Trinajstić information content (AvgIpc) is 3.20. The second-order valence-electron chi connectivity index (χ2n) is 9.42. The summed E-state index contributed by atoms with van der Waals surface area (Å²) in [6.45, 7) is 8.47. The number of halogens is 3. The molecule has 1 aliphatic heterocycles. The molecule has 3 heterocycles. The van der Waals surface area contributed by atoms with Crippen molar-refractivity contribution < 1.29 is 17.9 Å². The Balaban J connectivity index is 1.23. The number of pyridine rings is 1. The highest BCUT2D eigenvalue weighted by atomic mass is 32.2. The molecule has 194 valence electrons. The van der Waals surface area contributed by atoms with Crippen molar-refractivity contribution in [3.05, 3.63) is 54.3 Å². The van der Waals surface area contributed by atoms with Crippen LogP contribution in [0.25, 0.3) is 11.4 Å². The van der Waals surface area contributed by atoms with Crippen molar-refractivity contribution in [2.24, 2.45) is 18.4 Å². The summed E-state index contributed by atoms with van der Waals surface area (Å²) in [5.41, 5.74) is 1.17. The molecule has 10 heteroatoms. The van der Waals surface area contributed by atoms with E-state index in [2.05, 4.69) is 26.7 Å². The molecule has 36 heavy (non-hydrogen) atoms. The second-order valence-corrected chi connectivity index (χ2v) is 10.5. The van der Waals surface area contributed by atoms with E-state index in [4.69, 9.17) is 4.74 Å². The standard InChI is InChI=1S/C26H32F3N5OS/c1-5-19(26(27,28)29)10-9-18(2)21-16-25(21)11-14-34(17-25)13-7-15-36-24-32-31-22(33(24)3)20-8-6-12-30-23(20)35-4/h5-6,8-10,12,21H,2,7,11,13-17H2,1,3-4H3/b10-9-,19-5+/t21-,25+/m1/s1. The van der Waals surface area contributed by atoms with Gasteiger partial charge in [0.15, 0.2) is 11.0 Å². The summed E-state index contributed by atoms with van der Waals surface area (Å²) in [7, 11) is 3.53. The van der Waals surface area contributed by atoms with Gasteiger partial charge in [0.25, 0.3) is 0 Å². The Morgan fingerprint density at radius 3 is 2.86 bits per heavy atom. The molecule has 1 aliphatic carbocycles. The van der Waals surface area contributed by atoms with Crippen LogP contribution in [0.5, 0.6) is 5.88 Å². The maximum atomic E-state index is 12.9. The first-order chi connectivity index (χ1) is 17.2. The predicted octanol–water partition coefficient (Wildman–Crippen LogP) is 5.70. The third-order valence-corrected chi connectivity index (χ3v) is 8.21. The number of aromatic nitrogens is 4. The molecule has 1 spiro atoms. The van der Waals surface area contributed by atoms with Crippen LogP contribution < -0.4 is 4.74 Å². The fraction of sp³-hybridized carbons (Fsp3) is 0.500. The highest BCUT2D eigenvalue weighted by molar-refractivity contribution is 7.99. The quantitative estimate of drug-likeness (QED) is 0.228. The van der Waals surface area contributed by atoms with Gasteiger partial charge >= 0.3 is 6.18 Å². The first-order valence-corrected chi connectivity index (χ1v) is 13.0. The zero-order valence-electron chi connectivity index (χ0n) is 20.9. The smallest absolute Gasteiger partial charge is 0.416 e. The molecule has 1 saturated carbocycles. The first-order valence-electron chi connectivity index (χ1n) is 12.0. The second kappa shape index (κ2) is 10.8. The zero-order valence-corrected chi connectivity index (χ0v) is 21.7. The summed E-state index contributed by atoms with van der Waals surface area (Å²) in [5.74, 6) is 2.43. The van der Waals surface area contributed by atoms with Crippen molar-refractivity contribution >= 4 is 11.8 Å². The maximum Gasteiger partial charge on any atom is 0.416 e. The average molecular weight is 520 g/mol. The molecule has 0 amide bonds. The van der Waals surface area contributed by atoms with Crippen LogP contribution in [-0.2, 0) is 7.05 Å². The van der Waals surface area contributed by atoms with Crippen LogP contribution in [0.2, 0.25) is 0 Å². The SMILES string of the molecule is C=C(/C=C\C(=C/C)C(F)(F)F)[C@H]1C[C@]12CCN(CCCSc1nnc(-c3cccnc3OC)n1C)C2.